The van der Waals surface area contributed by atoms with E-state index >= 15 is 0 Å². The van der Waals surface area contributed by atoms with Gasteiger partial charge in [0, 0.05) is 6.54 Å². The third-order valence-electron chi connectivity index (χ3n) is 2.47. The minimum Gasteiger partial charge on any atom is -0.384 e. The maximum absolute atomic E-state index is 8.86. The summed E-state index contributed by atoms with van der Waals surface area (Å²) in [5.41, 5.74) is 0.723. The van der Waals surface area contributed by atoms with Crippen LogP contribution in [0.25, 0.3) is 0 Å². The SMILES string of the molecule is CC(C)(C#N)CCCNc1ccccc1Cl. The molecule has 0 saturated carbocycles. The van der Waals surface area contributed by atoms with Crippen molar-refractivity contribution in [2.75, 3.05) is 11.9 Å². The average Bonchev–Trinajstić information content (AvgIpc) is 2.27. The first-order valence-corrected chi connectivity index (χ1v) is 5.83. The van der Waals surface area contributed by atoms with Gasteiger partial charge in [0.25, 0.3) is 0 Å². The number of nitriles is 1. The van der Waals surface area contributed by atoms with Crippen LogP contribution in [0.15, 0.2) is 24.3 Å². The zero-order valence-corrected chi connectivity index (χ0v) is 10.5. The predicted molar refractivity (Wildman–Crippen MR) is 68.6 cm³/mol. The summed E-state index contributed by atoms with van der Waals surface area (Å²) in [6.07, 6.45) is 1.85. The number of anilines is 1. The second kappa shape index (κ2) is 5.77. The molecule has 0 bridgehead atoms. The summed E-state index contributed by atoms with van der Waals surface area (Å²) in [5.74, 6) is 0. The van der Waals surface area contributed by atoms with Crippen molar-refractivity contribution < 1.29 is 0 Å². The van der Waals surface area contributed by atoms with E-state index in [1.807, 2.05) is 38.1 Å². The highest BCUT2D eigenvalue weighted by molar-refractivity contribution is 6.33. The Morgan fingerprint density at radius 3 is 2.69 bits per heavy atom. The van der Waals surface area contributed by atoms with Crippen molar-refractivity contribution in [3.8, 4) is 6.07 Å². The molecular formula is C13H17ClN2. The fourth-order valence-electron chi connectivity index (χ4n) is 1.41. The molecule has 0 aliphatic heterocycles. The van der Waals surface area contributed by atoms with Crippen LogP contribution in [0.5, 0.6) is 0 Å². The molecule has 0 heterocycles. The minimum atomic E-state index is -0.234. The molecule has 3 heteroatoms. The largest absolute Gasteiger partial charge is 0.384 e. The maximum Gasteiger partial charge on any atom is 0.0683 e. The maximum atomic E-state index is 8.86. The van der Waals surface area contributed by atoms with Gasteiger partial charge in [0.2, 0.25) is 0 Å². The summed E-state index contributed by atoms with van der Waals surface area (Å²) in [6.45, 7) is 4.76. The van der Waals surface area contributed by atoms with Gasteiger partial charge in [-0.25, -0.2) is 0 Å². The molecule has 0 atom stereocenters. The second-order valence-corrected chi connectivity index (χ2v) is 4.91. The number of hydrogen-bond donors (Lipinski definition) is 1. The first-order chi connectivity index (χ1) is 7.55. The molecule has 0 unspecified atom stereocenters. The van der Waals surface area contributed by atoms with Crippen molar-refractivity contribution in [3.05, 3.63) is 29.3 Å². The lowest BCUT2D eigenvalue weighted by Crippen LogP contribution is -2.11. The van der Waals surface area contributed by atoms with E-state index in [-0.39, 0.29) is 5.41 Å². The molecule has 0 saturated heterocycles. The lowest BCUT2D eigenvalue weighted by Gasteiger charge is -2.15. The highest BCUT2D eigenvalue weighted by Crippen LogP contribution is 2.22. The van der Waals surface area contributed by atoms with Crippen LogP contribution < -0.4 is 5.32 Å². The molecular weight excluding hydrogens is 220 g/mol. The smallest absolute Gasteiger partial charge is 0.0683 e. The van der Waals surface area contributed by atoms with Gasteiger partial charge >= 0.3 is 0 Å². The number of nitrogens with one attached hydrogen (secondary N) is 1. The van der Waals surface area contributed by atoms with E-state index in [4.69, 9.17) is 16.9 Å². The van der Waals surface area contributed by atoms with Crippen LogP contribution in [0.1, 0.15) is 26.7 Å². The van der Waals surface area contributed by atoms with E-state index in [1.165, 1.54) is 0 Å². The summed E-state index contributed by atoms with van der Waals surface area (Å²) >= 11 is 6.01. The van der Waals surface area contributed by atoms with Crippen molar-refractivity contribution in [1.82, 2.24) is 0 Å². The lowest BCUT2D eigenvalue weighted by molar-refractivity contribution is 0.441. The van der Waals surface area contributed by atoms with E-state index in [0.29, 0.717) is 0 Å². The molecule has 0 aliphatic carbocycles. The summed E-state index contributed by atoms with van der Waals surface area (Å²) in [6, 6.07) is 9.98. The number of rotatable bonds is 5. The van der Waals surface area contributed by atoms with Crippen molar-refractivity contribution in [3.63, 3.8) is 0 Å². The zero-order valence-electron chi connectivity index (χ0n) is 9.76. The summed E-state index contributed by atoms with van der Waals surface area (Å²) in [5, 5.41) is 12.9. The molecule has 0 aromatic heterocycles. The normalized spacial score (nSPS) is 10.9. The Labute approximate surface area is 102 Å². The molecule has 1 aromatic carbocycles. The molecule has 1 rings (SSSR count). The Balaban J connectivity index is 2.33. The highest BCUT2D eigenvalue weighted by atomic mass is 35.5. The Kier molecular flexibility index (Phi) is 4.64. The number of nitrogens with zero attached hydrogens (tertiary/aromatic N) is 1. The number of hydrogen-bond acceptors (Lipinski definition) is 2. The van der Waals surface area contributed by atoms with Crippen molar-refractivity contribution in [2.45, 2.75) is 26.7 Å². The first kappa shape index (κ1) is 12.9. The fraction of sp³-hybridized carbons (Fsp3) is 0.462. The Morgan fingerprint density at radius 1 is 1.38 bits per heavy atom. The summed E-state index contributed by atoms with van der Waals surface area (Å²) in [4.78, 5) is 0. The van der Waals surface area contributed by atoms with Crippen molar-refractivity contribution >= 4 is 17.3 Å². The molecule has 16 heavy (non-hydrogen) atoms. The fourth-order valence-corrected chi connectivity index (χ4v) is 1.62. The van der Waals surface area contributed by atoms with Gasteiger partial charge in [0.05, 0.1) is 22.2 Å². The van der Waals surface area contributed by atoms with Crippen LogP contribution in [0.2, 0.25) is 5.02 Å². The first-order valence-electron chi connectivity index (χ1n) is 5.45. The Hall–Kier alpha value is -1.20. The van der Waals surface area contributed by atoms with E-state index in [9.17, 15) is 0 Å². The van der Waals surface area contributed by atoms with Crippen LogP contribution in [0, 0.1) is 16.7 Å². The summed E-state index contributed by atoms with van der Waals surface area (Å²) < 4.78 is 0. The zero-order chi connectivity index (χ0) is 12.0. The summed E-state index contributed by atoms with van der Waals surface area (Å²) in [7, 11) is 0. The monoisotopic (exact) mass is 236 g/mol. The van der Waals surface area contributed by atoms with Crippen LogP contribution in [0.3, 0.4) is 0 Å². The van der Waals surface area contributed by atoms with Crippen LogP contribution in [-0.4, -0.2) is 6.54 Å². The molecule has 2 nitrogen and oxygen atoms in total. The molecule has 0 spiro atoms. The number of benzene rings is 1. The van der Waals surface area contributed by atoms with Gasteiger partial charge in [-0.3, -0.25) is 0 Å². The third-order valence-corrected chi connectivity index (χ3v) is 2.80. The number of halogens is 1. The van der Waals surface area contributed by atoms with E-state index < -0.39 is 0 Å². The molecule has 0 fully saturated rings. The lowest BCUT2D eigenvalue weighted by atomic mass is 9.90. The molecule has 0 amide bonds. The van der Waals surface area contributed by atoms with Gasteiger partial charge in [-0.15, -0.1) is 0 Å². The van der Waals surface area contributed by atoms with Gasteiger partial charge < -0.3 is 5.32 Å². The third kappa shape index (κ3) is 4.12. The van der Waals surface area contributed by atoms with E-state index in [2.05, 4.69) is 11.4 Å². The topological polar surface area (TPSA) is 35.8 Å². The molecule has 86 valence electrons. The van der Waals surface area contributed by atoms with E-state index in [1.54, 1.807) is 0 Å². The standard InChI is InChI=1S/C13H17ClN2/c1-13(2,10-15)8-5-9-16-12-7-4-3-6-11(12)14/h3-4,6-7,16H,5,8-9H2,1-2H3. The number of para-hydroxylation sites is 1. The molecule has 0 aliphatic rings. The molecule has 1 aromatic rings. The quantitative estimate of drug-likeness (QED) is 0.782. The predicted octanol–water partition coefficient (Wildman–Crippen LogP) is 4.08. The molecule has 0 radical (unpaired) electrons. The van der Waals surface area contributed by atoms with E-state index in [0.717, 1.165) is 30.1 Å². The van der Waals surface area contributed by atoms with Gasteiger partial charge in [0.15, 0.2) is 0 Å². The average molecular weight is 237 g/mol. The van der Waals surface area contributed by atoms with Crippen LogP contribution in [0.4, 0.5) is 5.69 Å². The molecule has 1 N–H and O–H groups in total. The minimum absolute atomic E-state index is 0.234. The van der Waals surface area contributed by atoms with Gasteiger partial charge in [0.1, 0.15) is 0 Å². The van der Waals surface area contributed by atoms with Gasteiger partial charge in [-0.05, 0) is 38.8 Å². The van der Waals surface area contributed by atoms with Crippen LogP contribution >= 0.6 is 11.6 Å². The van der Waals surface area contributed by atoms with Gasteiger partial charge in [-0.2, -0.15) is 5.26 Å². The van der Waals surface area contributed by atoms with Crippen molar-refractivity contribution in [2.24, 2.45) is 5.41 Å². The Morgan fingerprint density at radius 2 is 2.06 bits per heavy atom. The highest BCUT2D eigenvalue weighted by Gasteiger charge is 2.15. The van der Waals surface area contributed by atoms with Crippen LogP contribution in [-0.2, 0) is 0 Å². The second-order valence-electron chi connectivity index (χ2n) is 4.51. The Bertz CT molecular complexity index is 380. The van der Waals surface area contributed by atoms with Crippen molar-refractivity contribution in [1.29, 1.82) is 5.26 Å². The van der Waals surface area contributed by atoms with Gasteiger partial charge in [-0.1, -0.05) is 23.7 Å².